The monoisotopic (exact) mass is 1060 g/mol. The molecule has 2 aromatic carbocycles. The first kappa shape index (κ1) is 57.1. The lowest BCUT2D eigenvalue weighted by molar-refractivity contribution is -0.896. The molecule has 0 bridgehead atoms. The van der Waals surface area contributed by atoms with Crippen molar-refractivity contribution in [3.8, 4) is 33.9 Å². The predicted molar refractivity (Wildman–Crippen MR) is 256 cm³/mol. The largest absolute Gasteiger partial charge is 0.422 e. The number of aromatic nitrogens is 4. The SMILES string of the molecule is Cc1cc[n+]([C@@H](C[n+]2cc(C(F)(F)F)ccc2-c2c(C)cc(F)cc2F)c2cc(F)cc(F)c2-c2ccc(C(F)(F)F)c[n+]2O)c(-c2cc(CCC(=O)NC(C)(C)COC(C)(C)CCCCCCCl)cc[n+]2C)c1. The Kier molecular flexibility index (Phi) is 17.9. The van der Waals surface area contributed by atoms with Gasteiger partial charge in [0.2, 0.25) is 30.4 Å². The number of aryl methyl sites for hydroxylation is 4. The highest BCUT2D eigenvalue weighted by Crippen LogP contribution is 2.36. The van der Waals surface area contributed by atoms with Gasteiger partial charge in [-0.15, -0.1) is 11.6 Å². The molecule has 0 saturated carbocycles. The van der Waals surface area contributed by atoms with E-state index in [0.29, 0.717) is 58.9 Å². The maximum atomic E-state index is 16.6. The topological polar surface area (TPSA) is 74.1 Å². The number of hydrogen-bond acceptors (Lipinski definition) is 3. The fraction of sp³-hybridized carbons (Fsp3) is 0.400. The standard InChI is InChI=1S/C55H59ClF10N5O3/c1-34-18-23-70(47(24-34)46-26-36(19-22-68(46)7)12-17-49(72)67-52(3,4)33-74-53(5,6)20-10-8-9-11-21-56)48(41-27-40(58)29-43(60)51(41)45-16-14-38(31-71(45)73)55(64,65)66)32-69-30-37(54(61,62)63)13-15-44(69)50-35(2)25-39(57)28-42(50)59/h13-16,18-19,22-31,48H,8-12,17,20-21,32-33H2,1-7H3,(H-,67,72,73)/q+3/p+1/t48-/m0/s1. The molecule has 19 heteroatoms. The molecule has 4 heterocycles. The molecule has 0 unspecified atom stereocenters. The van der Waals surface area contributed by atoms with Gasteiger partial charge in [-0.1, -0.05) is 19.3 Å². The van der Waals surface area contributed by atoms with Crippen molar-refractivity contribution in [3.63, 3.8) is 0 Å². The second-order valence-electron chi connectivity index (χ2n) is 19.9. The van der Waals surface area contributed by atoms with Crippen molar-refractivity contribution in [3.05, 3.63) is 154 Å². The molecule has 0 saturated heterocycles. The summed E-state index contributed by atoms with van der Waals surface area (Å²) >= 11 is 5.81. The third-order valence-corrected chi connectivity index (χ3v) is 13.0. The van der Waals surface area contributed by atoms with Crippen LogP contribution in [0, 0.1) is 37.1 Å². The van der Waals surface area contributed by atoms with Gasteiger partial charge in [0.05, 0.1) is 28.9 Å². The molecule has 4 aromatic heterocycles. The van der Waals surface area contributed by atoms with Crippen LogP contribution in [-0.4, -0.2) is 34.7 Å². The fourth-order valence-electron chi connectivity index (χ4n) is 8.92. The third kappa shape index (κ3) is 14.4. The van der Waals surface area contributed by atoms with Crippen LogP contribution < -0.4 is 23.7 Å². The molecular formula is C55H60ClF10N5O3+4. The van der Waals surface area contributed by atoms with E-state index in [4.69, 9.17) is 16.3 Å². The number of carbonyl (C=O) groups is 1. The van der Waals surface area contributed by atoms with Crippen LogP contribution in [0.5, 0.6) is 0 Å². The maximum absolute atomic E-state index is 16.6. The highest BCUT2D eigenvalue weighted by Gasteiger charge is 2.42. The van der Waals surface area contributed by atoms with Gasteiger partial charge in [0.1, 0.15) is 41.4 Å². The predicted octanol–water partition coefficient (Wildman–Crippen LogP) is 11.9. The lowest BCUT2D eigenvalue weighted by Gasteiger charge is -2.33. The Morgan fingerprint density at radius 2 is 1.34 bits per heavy atom. The van der Waals surface area contributed by atoms with Crippen LogP contribution in [0.25, 0.3) is 33.9 Å². The van der Waals surface area contributed by atoms with E-state index in [1.807, 2.05) is 27.7 Å². The second-order valence-corrected chi connectivity index (χ2v) is 20.3. The van der Waals surface area contributed by atoms with E-state index in [9.17, 15) is 40.7 Å². The molecule has 6 aromatic rings. The van der Waals surface area contributed by atoms with E-state index in [1.165, 1.54) is 17.7 Å². The van der Waals surface area contributed by atoms with Crippen molar-refractivity contribution in [1.82, 2.24) is 5.32 Å². The molecule has 0 fully saturated rings. The number of benzene rings is 2. The van der Waals surface area contributed by atoms with Crippen LogP contribution in [0.2, 0.25) is 0 Å². The zero-order chi connectivity index (χ0) is 54.5. The first-order chi connectivity index (χ1) is 34.6. The molecule has 0 radical (unpaired) electrons. The molecule has 6 rings (SSSR count). The van der Waals surface area contributed by atoms with Gasteiger partial charge >= 0.3 is 12.4 Å². The van der Waals surface area contributed by atoms with E-state index in [0.717, 1.165) is 60.9 Å². The first-order valence-electron chi connectivity index (χ1n) is 24.0. The number of amides is 1. The smallest absolute Gasteiger partial charge is 0.373 e. The number of rotatable bonds is 20. The first-order valence-corrected chi connectivity index (χ1v) is 24.5. The summed E-state index contributed by atoms with van der Waals surface area (Å²) in [6.07, 6.45) is -0.629. The van der Waals surface area contributed by atoms with Crippen LogP contribution in [0.4, 0.5) is 43.9 Å². The van der Waals surface area contributed by atoms with Crippen molar-refractivity contribution >= 4 is 17.5 Å². The number of nitrogens with one attached hydrogen (secondary N) is 1. The second kappa shape index (κ2) is 23.2. The average Bonchev–Trinajstić information content (AvgIpc) is 3.29. The number of halogens is 11. The summed E-state index contributed by atoms with van der Waals surface area (Å²) in [6, 6.07) is 11.2. The molecule has 0 spiro atoms. The van der Waals surface area contributed by atoms with Crippen molar-refractivity contribution in [2.24, 2.45) is 7.05 Å². The summed E-state index contributed by atoms with van der Waals surface area (Å²) in [4.78, 5) is 13.5. The molecule has 0 aliphatic carbocycles. The quantitative estimate of drug-likeness (QED) is 0.0263. The van der Waals surface area contributed by atoms with Crippen molar-refractivity contribution in [1.29, 1.82) is 0 Å². The molecule has 1 atom stereocenters. The van der Waals surface area contributed by atoms with Crippen molar-refractivity contribution in [2.45, 2.75) is 123 Å². The summed E-state index contributed by atoms with van der Waals surface area (Å²) in [7, 11) is 1.70. The van der Waals surface area contributed by atoms with Gasteiger partial charge in [0.15, 0.2) is 18.6 Å². The van der Waals surface area contributed by atoms with Gasteiger partial charge in [0, 0.05) is 71.1 Å². The number of nitrogens with zero attached hydrogens (tertiary/aromatic N) is 4. The Labute approximate surface area is 428 Å². The van der Waals surface area contributed by atoms with Crippen LogP contribution >= 0.6 is 11.6 Å². The number of hydrogen-bond donors (Lipinski definition) is 2. The minimum atomic E-state index is -4.97. The molecule has 8 nitrogen and oxygen atoms in total. The third-order valence-electron chi connectivity index (χ3n) is 12.7. The van der Waals surface area contributed by atoms with E-state index in [2.05, 4.69) is 5.32 Å². The van der Waals surface area contributed by atoms with Crippen molar-refractivity contribution in [2.75, 3.05) is 12.5 Å². The maximum Gasteiger partial charge on any atom is 0.422 e. The Balaban J connectivity index is 1.47. The Hall–Kier alpha value is -6.14. The summed E-state index contributed by atoms with van der Waals surface area (Å²) in [5.74, 6) is -4.26. The van der Waals surface area contributed by atoms with E-state index >= 15 is 13.2 Å². The molecule has 0 aliphatic heterocycles. The Morgan fingerprint density at radius 3 is 1.97 bits per heavy atom. The van der Waals surface area contributed by atoms with Gasteiger partial charge in [-0.3, -0.25) is 10.0 Å². The van der Waals surface area contributed by atoms with Gasteiger partial charge < -0.3 is 10.1 Å². The molecule has 2 N–H and O–H groups in total. The number of unbranched alkanes of at least 4 members (excludes halogenated alkanes) is 3. The highest BCUT2D eigenvalue weighted by molar-refractivity contribution is 6.17. The van der Waals surface area contributed by atoms with Gasteiger partial charge in [-0.2, -0.15) is 40.0 Å². The van der Waals surface area contributed by atoms with E-state index < -0.39 is 81.7 Å². The lowest BCUT2D eigenvalue weighted by Crippen LogP contribution is -2.53. The molecular weight excluding hydrogens is 1000 g/mol. The number of ether oxygens (including phenoxy) is 1. The van der Waals surface area contributed by atoms with Crippen molar-refractivity contribution < 1.29 is 77.1 Å². The van der Waals surface area contributed by atoms with E-state index in [1.54, 1.807) is 49.0 Å². The Bertz CT molecular complexity index is 2980. The zero-order valence-corrected chi connectivity index (χ0v) is 42.9. The number of alkyl halides is 7. The van der Waals surface area contributed by atoms with Crippen LogP contribution in [0.1, 0.15) is 106 Å². The number of carbonyl (C=O) groups excluding carboxylic acids is 1. The van der Waals surface area contributed by atoms with Crippen LogP contribution in [0.15, 0.2) is 97.6 Å². The normalized spacial score (nSPS) is 12.8. The average molecular weight is 1060 g/mol. The lowest BCUT2D eigenvalue weighted by atomic mass is 9.94. The molecule has 396 valence electrons. The molecule has 0 aliphatic rings. The summed E-state index contributed by atoms with van der Waals surface area (Å²) < 4.78 is 159. The van der Waals surface area contributed by atoms with Gasteiger partial charge in [0.25, 0.3) is 17.1 Å². The minimum absolute atomic E-state index is 0.00158. The summed E-state index contributed by atoms with van der Waals surface area (Å²) in [5, 5.41) is 14.1. The van der Waals surface area contributed by atoms with Gasteiger partial charge in [-0.25, -0.2) is 17.6 Å². The zero-order valence-electron chi connectivity index (χ0n) is 42.1. The molecule has 1 amide bonds. The minimum Gasteiger partial charge on any atom is -0.373 e. The Morgan fingerprint density at radius 1 is 0.716 bits per heavy atom. The van der Waals surface area contributed by atoms with Crippen LogP contribution in [0.3, 0.4) is 0 Å². The molecule has 74 heavy (non-hydrogen) atoms. The summed E-state index contributed by atoms with van der Waals surface area (Å²) in [5.41, 5.74) is -3.67. The summed E-state index contributed by atoms with van der Waals surface area (Å²) in [6.45, 7) is 10.4. The highest BCUT2D eigenvalue weighted by atomic mass is 35.5. The fourth-order valence-corrected chi connectivity index (χ4v) is 9.11. The number of pyridine rings is 4. The van der Waals surface area contributed by atoms with Gasteiger partial charge in [-0.05, 0) is 102 Å². The van der Waals surface area contributed by atoms with E-state index in [-0.39, 0.29) is 58.7 Å². The van der Waals surface area contributed by atoms with Crippen LogP contribution in [-0.2, 0) is 41.9 Å².